The van der Waals surface area contributed by atoms with Crippen molar-refractivity contribution in [2.45, 2.75) is 26.3 Å². The Hall–Kier alpha value is -1.77. The molecule has 1 aromatic carbocycles. The van der Waals surface area contributed by atoms with Gasteiger partial charge in [0.05, 0.1) is 6.54 Å². The van der Waals surface area contributed by atoms with Crippen molar-refractivity contribution >= 4 is 0 Å². The van der Waals surface area contributed by atoms with E-state index in [0.717, 1.165) is 5.56 Å². The highest BCUT2D eigenvalue weighted by Gasteiger charge is 2.00. The molecule has 0 unspecified atom stereocenters. The third-order valence-electron chi connectivity index (χ3n) is 2.72. The number of H-pyrrole nitrogens is 1. The van der Waals surface area contributed by atoms with Crippen molar-refractivity contribution in [2.75, 3.05) is 0 Å². The highest BCUT2D eigenvalue weighted by molar-refractivity contribution is 5.24. The molecule has 2 aromatic rings. The lowest BCUT2D eigenvalue weighted by atomic mass is 10.0. The molecule has 2 rings (SSSR count). The lowest BCUT2D eigenvalue weighted by Gasteiger charge is -2.06. The fraction of sp³-hybridized carbons (Fsp3) is 0.308. The lowest BCUT2D eigenvalue weighted by Crippen LogP contribution is -2.16. The lowest BCUT2D eigenvalue weighted by molar-refractivity contribution is 0.760. The van der Waals surface area contributed by atoms with E-state index in [1.165, 1.54) is 5.56 Å². The van der Waals surface area contributed by atoms with Gasteiger partial charge in [-0.1, -0.05) is 38.1 Å². The molecule has 3 nitrogen and oxygen atoms in total. The minimum atomic E-state index is -0.0621. The van der Waals surface area contributed by atoms with Crippen molar-refractivity contribution in [3.8, 4) is 0 Å². The van der Waals surface area contributed by atoms with Gasteiger partial charge in [-0.3, -0.25) is 4.57 Å². The highest BCUT2D eigenvalue weighted by atomic mass is 16.1. The molecule has 0 aliphatic rings. The van der Waals surface area contributed by atoms with Gasteiger partial charge in [0.1, 0.15) is 0 Å². The first-order chi connectivity index (χ1) is 7.66. The Bertz CT molecular complexity index is 505. The van der Waals surface area contributed by atoms with Crippen molar-refractivity contribution in [3.63, 3.8) is 0 Å². The molecule has 0 spiro atoms. The van der Waals surface area contributed by atoms with E-state index in [1.54, 1.807) is 17.0 Å². The Balaban J connectivity index is 2.17. The predicted molar refractivity (Wildman–Crippen MR) is 64.7 cm³/mol. The predicted octanol–water partition coefficient (Wildman–Crippen LogP) is 2.35. The van der Waals surface area contributed by atoms with Crippen LogP contribution in [0.25, 0.3) is 0 Å². The summed E-state index contributed by atoms with van der Waals surface area (Å²) >= 11 is 0. The Morgan fingerprint density at radius 3 is 2.44 bits per heavy atom. The van der Waals surface area contributed by atoms with Gasteiger partial charge >= 0.3 is 5.69 Å². The van der Waals surface area contributed by atoms with Gasteiger partial charge in [0, 0.05) is 12.4 Å². The summed E-state index contributed by atoms with van der Waals surface area (Å²) in [4.78, 5) is 13.9. The molecule has 0 saturated heterocycles. The van der Waals surface area contributed by atoms with Crippen molar-refractivity contribution in [1.82, 2.24) is 9.55 Å². The first kappa shape index (κ1) is 10.7. The Labute approximate surface area is 94.7 Å². The molecular weight excluding hydrogens is 200 g/mol. The minimum Gasteiger partial charge on any atom is -0.313 e. The molecule has 84 valence electrons. The largest absolute Gasteiger partial charge is 0.325 e. The Morgan fingerprint density at radius 1 is 1.25 bits per heavy atom. The van der Waals surface area contributed by atoms with Crippen LogP contribution in [0.15, 0.2) is 41.5 Å². The van der Waals surface area contributed by atoms with E-state index in [-0.39, 0.29) is 5.69 Å². The first-order valence-electron chi connectivity index (χ1n) is 5.49. The number of rotatable bonds is 3. The first-order valence-corrected chi connectivity index (χ1v) is 5.49. The van der Waals surface area contributed by atoms with Crippen LogP contribution in [0.2, 0.25) is 0 Å². The number of benzene rings is 1. The smallest absolute Gasteiger partial charge is 0.313 e. The van der Waals surface area contributed by atoms with E-state index in [1.807, 2.05) is 0 Å². The third kappa shape index (κ3) is 2.24. The summed E-state index contributed by atoms with van der Waals surface area (Å²) in [5.74, 6) is 0.545. The summed E-state index contributed by atoms with van der Waals surface area (Å²) in [6.45, 7) is 4.97. The number of aromatic nitrogens is 2. The van der Waals surface area contributed by atoms with Gasteiger partial charge in [0.15, 0.2) is 0 Å². The second-order valence-corrected chi connectivity index (χ2v) is 4.29. The molecule has 0 radical (unpaired) electrons. The zero-order valence-corrected chi connectivity index (χ0v) is 9.60. The maximum absolute atomic E-state index is 11.3. The van der Waals surface area contributed by atoms with Crippen molar-refractivity contribution in [2.24, 2.45) is 0 Å². The molecule has 1 N–H and O–H groups in total. The summed E-state index contributed by atoms with van der Waals surface area (Å²) in [5, 5.41) is 0. The van der Waals surface area contributed by atoms with Gasteiger partial charge in [-0.2, -0.15) is 0 Å². The van der Waals surface area contributed by atoms with Gasteiger partial charge in [0.25, 0.3) is 0 Å². The molecule has 0 aliphatic heterocycles. The summed E-state index contributed by atoms with van der Waals surface area (Å²) in [6.07, 6.45) is 3.42. The maximum atomic E-state index is 11.3. The van der Waals surface area contributed by atoms with Gasteiger partial charge < -0.3 is 4.98 Å². The molecule has 0 fully saturated rings. The average molecular weight is 216 g/mol. The van der Waals surface area contributed by atoms with Crippen molar-refractivity contribution in [1.29, 1.82) is 0 Å². The molecule has 0 bridgehead atoms. The average Bonchev–Trinajstić information content (AvgIpc) is 2.65. The zero-order chi connectivity index (χ0) is 11.5. The van der Waals surface area contributed by atoms with Crippen molar-refractivity contribution in [3.05, 3.63) is 58.3 Å². The monoisotopic (exact) mass is 216 g/mol. The second-order valence-electron chi connectivity index (χ2n) is 4.29. The number of nitrogens with zero attached hydrogens (tertiary/aromatic N) is 1. The molecule has 3 heteroatoms. The molecule has 0 amide bonds. The maximum Gasteiger partial charge on any atom is 0.325 e. The Kier molecular flexibility index (Phi) is 2.95. The number of hydrogen-bond donors (Lipinski definition) is 1. The van der Waals surface area contributed by atoms with Crippen LogP contribution in [-0.4, -0.2) is 9.55 Å². The van der Waals surface area contributed by atoms with Crippen LogP contribution in [-0.2, 0) is 6.54 Å². The van der Waals surface area contributed by atoms with Gasteiger partial charge in [-0.15, -0.1) is 0 Å². The van der Waals surface area contributed by atoms with Crippen LogP contribution in [0, 0.1) is 0 Å². The van der Waals surface area contributed by atoms with Gasteiger partial charge in [-0.25, -0.2) is 4.79 Å². The molecule has 0 aliphatic carbocycles. The third-order valence-corrected chi connectivity index (χ3v) is 2.72. The van der Waals surface area contributed by atoms with Crippen LogP contribution >= 0.6 is 0 Å². The molecule has 16 heavy (non-hydrogen) atoms. The number of imidazole rings is 1. The highest BCUT2D eigenvalue weighted by Crippen LogP contribution is 2.14. The van der Waals surface area contributed by atoms with Crippen LogP contribution in [0.1, 0.15) is 30.9 Å². The fourth-order valence-electron chi connectivity index (χ4n) is 1.68. The SMILES string of the molecule is CC(C)c1ccc(Cn2cc[nH]c2=O)cc1. The van der Waals surface area contributed by atoms with E-state index in [4.69, 9.17) is 0 Å². The topological polar surface area (TPSA) is 37.8 Å². The van der Waals surface area contributed by atoms with Crippen LogP contribution < -0.4 is 5.69 Å². The summed E-state index contributed by atoms with van der Waals surface area (Å²) in [7, 11) is 0. The summed E-state index contributed by atoms with van der Waals surface area (Å²) < 4.78 is 1.66. The molecule has 0 saturated carbocycles. The molecule has 1 aromatic heterocycles. The standard InChI is InChI=1S/C13H16N2O/c1-10(2)12-5-3-11(4-6-12)9-15-8-7-14-13(15)16/h3-8,10H,9H2,1-2H3,(H,14,16). The van der Waals surface area contributed by atoms with E-state index in [9.17, 15) is 4.79 Å². The van der Waals surface area contributed by atoms with E-state index in [0.29, 0.717) is 12.5 Å². The normalized spacial score (nSPS) is 10.9. The summed E-state index contributed by atoms with van der Waals surface area (Å²) in [5.41, 5.74) is 2.41. The second kappa shape index (κ2) is 4.39. The fourth-order valence-corrected chi connectivity index (χ4v) is 1.68. The van der Waals surface area contributed by atoms with E-state index >= 15 is 0 Å². The van der Waals surface area contributed by atoms with Gasteiger partial charge in [0.2, 0.25) is 0 Å². The Morgan fingerprint density at radius 2 is 1.94 bits per heavy atom. The molecule has 1 heterocycles. The van der Waals surface area contributed by atoms with Crippen LogP contribution in [0.4, 0.5) is 0 Å². The minimum absolute atomic E-state index is 0.0621. The van der Waals surface area contributed by atoms with Crippen LogP contribution in [0.3, 0.4) is 0 Å². The molecular formula is C13H16N2O. The zero-order valence-electron chi connectivity index (χ0n) is 9.60. The summed E-state index contributed by atoms with van der Waals surface area (Å²) in [6, 6.07) is 8.40. The van der Waals surface area contributed by atoms with E-state index < -0.39 is 0 Å². The van der Waals surface area contributed by atoms with Crippen molar-refractivity contribution < 1.29 is 0 Å². The van der Waals surface area contributed by atoms with Crippen LogP contribution in [0.5, 0.6) is 0 Å². The quantitative estimate of drug-likeness (QED) is 0.840. The van der Waals surface area contributed by atoms with Gasteiger partial charge in [-0.05, 0) is 17.0 Å². The van der Waals surface area contributed by atoms with E-state index in [2.05, 4.69) is 43.1 Å². The number of aromatic amines is 1. The molecule has 0 atom stereocenters. The number of hydrogen-bond acceptors (Lipinski definition) is 1. The number of nitrogens with one attached hydrogen (secondary N) is 1.